The molecule has 0 spiro atoms. The number of nitrogens with zero attached hydrogens (tertiary/aromatic N) is 1. The molecule has 5 nitrogen and oxygen atoms in total. The Kier molecular flexibility index (Phi) is 3.67. The molecule has 0 amide bonds. The molecule has 0 radical (unpaired) electrons. The summed E-state index contributed by atoms with van der Waals surface area (Å²) >= 11 is 0. The summed E-state index contributed by atoms with van der Waals surface area (Å²) in [4.78, 5) is 11.8. The van der Waals surface area contributed by atoms with Crippen LogP contribution in [0.4, 0.5) is 0 Å². The third-order valence-electron chi connectivity index (χ3n) is 1.76. The first-order valence-corrected chi connectivity index (χ1v) is 4.21. The number of carbonyl (C=O) groups is 1. The van der Waals surface area contributed by atoms with Crippen LogP contribution in [0.1, 0.15) is 11.9 Å². The van der Waals surface area contributed by atoms with Crippen LogP contribution in [0.15, 0.2) is 22.8 Å². The van der Waals surface area contributed by atoms with E-state index in [1.165, 1.54) is 11.2 Å². The van der Waals surface area contributed by atoms with Crippen molar-refractivity contribution >= 4 is 5.97 Å². The first kappa shape index (κ1) is 10.7. The zero-order chi connectivity index (χ0) is 10.6. The van der Waals surface area contributed by atoms with Gasteiger partial charge in [0, 0.05) is 6.54 Å². The molecule has 2 N–H and O–H groups in total. The van der Waals surface area contributed by atoms with Crippen molar-refractivity contribution in [1.82, 2.24) is 4.90 Å². The van der Waals surface area contributed by atoms with E-state index in [9.17, 15) is 9.90 Å². The Morgan fingerprint density at radius 2 is 2.43 bits per heavy atom. The highest BCUT2D eigenvalue weighted by Crippen LogP contribution is 2.13. The molecule has 1 heterocycles. The number of aliphatic carboxylic acids is 1. The van der Waals surface area contributed by atoms with Gasteiger partial charge < -0.3 is 14.6 Å². The van der Waals surface area contributed by atoms with Crippen molar-refractivity contribution in [3.05, 3.63) is 24.2 Å². The molecule has 1 atom stereocenters. The Morgan fingerprint density at radius 3 is 2.93 bits per heavy atom. The second-order valence-electron chi connectivity index (χ2n) is 3.12. The van der Waals surface area contributed by atoms with Crippen LogP contribution >= 0.6 is 0 Å². The molecule has 14 heavy (non-hydrogen) atoms. The first-order valence-electron chi connectivity index (χ1n) is 4.21. The molecule has 0 bridgehead atoms. The molecule has 0 aliphatic heterocycles. The molecule has 0 saturated heterocycles. The van der Waals surface area contributed by atoms with Gasteiger partial charge in [0.2, 0.25) is 0 Å². The van der Waals surface area contributed by atoms with Crippen molar-refractivity contribution in [3.8, 4) is 0 Å². The fourth-order valence-corrected chi connectivity index (χ4v) is 1.16. The van der Waals surface area contributed by atoms with Gasteiger partial charge in [0.1, 0.15) is 11.9 Å². The molecule has 0 saturated carbocycles. The Morgan fingerprint density at radius 1 is 1.71 bits per heavy atom. The summed E-state index contributed by atoms with van der Waals surface area (Å²) in [7, 11) is 1.63. The maximum atomic E-state index is 10.3. The van der Waals surface area contributed by atoms with E-state index >= 15 is 0 Å². The molecule has 78 valence electrons. The summed E-state index contributed by atoms with van der Waals surface area (Å²) in [6.45, 7) is 0.136. The van der Waals surface area contributed by atoms with Crippen LogP contribution in [0, 0.1) is 0 Å². The van der Waals surface area contributed by atoms with Crippen LogP contribution in [-0.2, 0) is 4.79 Å². The van der Waals surface area contributed by atoms with E-state index in [0.717, 1.165) is 0 Å². The molecule has 0 aliphatic rings. The van der Waals surface area contributed by atoms with Gasteiger partial charge in [0.05, 0.1) is 12.8 Å². The lowest BCUT2D eigenvalue weighted by atomic mass is 10.2. The molecule has 5 heteroatoms. The molecule has 0 aliphatic carbocycles. The summed E-state index contributed by atoms with van der Waals surface area (Å²) in [5.74, 6) is -0.471. The van der Waals surface area contributed by atoms with E-state index in [0.29, 0.717) is 5.76 Å². The average Bonchev–Trinajstić information content (AvgIpc) is 2.53. The Labute approximate surface area is 81.6 Å². The van der Waals surface area contributed by atoms with Crippen molar-refractivity contribution in [2.45, 2.75) is 6.10 Å². The van der Waals surface area contributed by atoms with Crippen LogP contribution < -0.4 is 0 Å². The lowest BCUT2D eigenvalue weighted by molar-refractivity contribution is -0.138. The number of hydrogen-bond acceptors (Lipinski definition) is 4. The predicted octanol–water partition coefficient (Wildman–Crippen LogP) is 0.329. The summed E-state index contributed by atoms with van der Waals surface area (Å²) in [5, 5.41) is 18.0. The second kappa shape index (κ2) is 4.78. The van der Waals surface area contributed by atoms with Gasteiger partial charge in [-0.15, -0.1) is 0 Å². The molecular formula is C9H13NO4. The smallest absolute Gasteiger partial charge is 0.317 e. The van der Waals surface area contributed by atoms with Crippen LogP contribution in [0.2, 0.25) is 0 Å². The standard InChI is InChI=1S/C9H13NO4/c1-10(6-9(12)13)5-7(11)8-3-2-4-14-8/h2-4,7,11H,5-6H2,1H3,(H,12,13). The predicted molar refractivity (Wildman–Crippen MR) is 48.8 cm³/mol. The highest BCUT2D eigenvalue weighted by atomic mass is 16.4. The summed E-state index contributed by atoms with van der Waals surface area (Å²) < 4.78 is 4.98. The van der Waals surface area contributed by atoms with Gasteiger partial charge in [-0.2, -0.15) is 0 Å². The van der Waals surface area contributed by atoms with Crippen molar-refractivity contribution in [3.63, 3.8) is 0 Å². The minimum atomic E-state index is -0.917. The maximum Gasteiger partial charge on any atom is 0.317 e. The van der Waals surface area contributed by atoms with Crippen LogP contribution in [-0.4, -0.2) is 41.2 Å². The van der Waals surface area contributed by atoms with Gasteiger partial charge in [-0.05, 0) is 19.2 Å². The third kappa shape index (κ3) is 3.20. The van der Waals surface area contributed by atoms with Gasteiger partial charge in [-0.1, -0.05) is 0 Å². The van der Waals surface area contributed by atoms with Crippen LogP contribution in [0.3, 0.4) is 0 Å². The third-order valence-corrected chi connectivity index (χ3v) is 1.76. The zero-order valence-corrected chi connectivity index (χ0v) is 7.88. The largest absolute Gasteiger partial charge is 0.480 e. The highest BCUT2D eigenvalue weighted by Gasteiger charge is 2.14. The number of hydrogen-bond donors (Lipinski definition) is 2. The summed E-state index contributed by atoms with van der Waals surface area (Å²) in [6.07, 6.45) is 0.685. The average molecular weight is 199 g/mol. The van der Waals surface area contributed by atoms with Crippen LogP contribution in [0.25, 0.3) is 0 Å². The normalized spacial score (nSPS) is 13.1. The number of carboxylic acid groups (broad SMARTS) is 1. The highest BCUT2D eigenvalue weighted by molar-refractivity contribution is 5.69. The van der Waals surface area contributed by atoms with E-state index in [-0.39, 0.29) is 13.1 Å². The minimum absolute atomic E-state index is 0.0994. The van der Waals surface area contributed by atoms with Gasteiger partial charge in [-0.25, -0.2) is 0 Å². The second-order valence-corrected chi connectivity index (χ2v) is 3.12. The zero-order valence-electron chi connectivity index (χ0n) is 7.88. The van der Waals surface area contributed by atoms with E-state index in [4.69, 9.17) is 9.52 Å². The van der Waals surface area contributed by atoms with Crippen molar-refractivity contribution in [2.24, 2.45) is 0 Å². The summed E-state index contributed by atoms with van der Waals surface area (Å²) in [6, 6.07) is 3.33. The minimum Gasteiger partial charge on any atom is -0.480 e. The van der Waals surface area contributed by atoms with E-state index < -0.39 is 12.1 Å². The molecule has 1 rings (SSSR count). The monoisotopic (exact) mass is 199 g/mol. The number of rotatable bonds is 5. The van der Waals surface area contributed by atoms with Crippen molar-refractivity contribution < 1.29 is 19.4 Å². The number of aliphatic hydroxyl groups excluding tert-OH is 1. The lowest BCUT2D eigenvalue weighted by Crippen LogP contribution is -2.29. The molecule has 0 fully saturated rings. The Hall–Kier alpha value is -1.33. The number of likely N-dealkylation sites (N-methyl/N-ethyl adjacent to an activating group) is 1. The molecular weight excluding hydrogens is 186 g/mol. The number of furan rings is 1. The Balaban J connectivity index is 2.41. The maximum absolute atomic E-state index is 10.3. The van der Waals surface area contributed by atoms with Gasteiger partial charge in [0.25, 0.3) is 0 Å². The van der Waals surface area contributed by atoms with Gasteiger partial charge in [0.15, 0.2) is 0 Å². The molecule has 0 aromatic carbocycles. The van der Waals surface area contributed by atoms with Gasteiger partial charge >= 0.3 is 5.97 Å². The molecule has 1 unspecified atom stereocenters. The van der Waals surface area contributed by atoms with Crippen LogP contribution in [0.5, 0.6) is 0 Å². The van der Waals surface area contributed by atoms with E-state index in [1.54, 1.807) is 19.2 Å². The van der Waals surface area contributed by atoms with Gasteiger partial charge in [-0.3, -0.25) is 9.69 Å². The van der Waals surface area contributed by atoms with E-state index in [2.05, 4.69) is 0 Å². The first-order chi connectivity index (χ1) is 6.59. The number of aliphatic hydroxyl groups is 1. The fraction of sp³-hybridized carbons (Fsp3) is 0.444. The van der Waals surface area contributed by atoms with Crippen molar-refractivity contribution in [2.75, 3.05) is 20.1 Å². The SMILES string of the molecule is CN(CC(=O)O)CC(O)c1ccco1. The molecule has 1 aromatic rings. The van der Waals surface area contributed by atoms with Crippen molar-refractivity contribution in [1.29, 1.82) is 0 Å². The van der Waals surface area contributed by atoms with E-state index in [1.807, 2.05) is 0 Å². The Bertz CT molecular complexity index is 283. The molecule has 1 aromatic heterocycles. The summed E-state index contributed by atoms with van der Waals surface area (Å²) in [5.41, 5.74) is 0. The lowest BCUT2D eigenvalue weighted by Gasteiger charge is -2.16. The topological polar surface area (TPSA) is 73.9 Å². The fourth-order valence-electron chi connectivity index (χ4n) is 1.16. The quantitative estimate of drug-likeness (QED) is 0.714. The number of carboxylic acids is 1.